The average Bonchev–Trinajstić information content (AvgIpc) is 3.27. The molecule has 1 N–H and O–H groups in total. The zero-order valence-electron chi connectivity index (χ0n) is 23.9. The molecule has 2 aromatic heterocycles. The Morgan fingerprint density at radius 2 is 1.83 bits per heavy atom. The summed E-state index contributed by atoms with van der Waals surface area (Å²) in [6.45, 7) is 10.7. The Kier molecular flexibility index (Phi) is 8.25. The number of carbonyl (C=O) groups excluding carboxylic acids is 2. The van der Waals surface area contributed by atoms with E-state index >= 15 is 0 Å². The van der Waals surface area contributed by atoms with Crippen molar-refractivity contribution in [3.63, 3.8) is 0 Å². The Morgan fingerprint density at radius 1 is 1.10 bits per heavy atom. The molecule has 7 nitrogen and oxygen atoms in total. The summed E-state index contributed by atoms with van der Waals surface area (Å²) >= 11 is 7.99. The summed E-state index contributed by atoms with van der Waals surface area (Å²) < 4.78 is 1.87. The number of nitrogens with zero attached hydrogens (tertiary/aromatic N) is 4. The van der Waals surface area contributed by atoms with Crippen molar-refractivity contribution < 1.29 is 9.59 Å². The number of benzene rings is 2. The molecule has 1 aliphatic heterocycles. The lowest BCUT2D eigenvalue weighted by atomic mass is 9.87. The minimum atomic E-state index is -0.340. The van der Waals surface area contributed by atoms with E-state index in [9.17, 15) is 9.59 Å². The van der Waals surface area contributed by atoms with Gasteiger partial charge in [-0.15, -0.1) is 11.8 Å². The third-order valence-corrected chi connectivity index (χ3v) is 8.79. The first-order valence-corrected chi connectivity index (χ1v) is 15.0. The Labute approximate surface area is 250 Å². The van der Waals surface area contributed by atoms with Gasteiger partial charge in [-0.05, 0) is 66.4 Å². The van der Waals surface area contributed by atoms with Crippen LogP contribution in [0.15, 0.2) is 67.0 Å². The van der Waals surface area contributed by atoms with Gasteiger partial charge >= 0.3 is 0 Å². The predicted molar refractivity (Wildman–Crippen MR) is 166 cm³/mol. The quantitative estimate of drug-likeness (QED) is 0.285. The second-order valence-electron chi connectivity index (χ2n) is 11.3. The van der Waals surface area contributed by atoms with E-state index < -0.39 is 0 Å². The van der Waals surface area contributed by atoms with Gasteiger partial charge in [0.2, 0.25) is 11.8 Å². The van der Waals surface area contributed by atoms with Crippen LogP contribution in [0.25, 0.3) is 5.69 Å². The molecular formula is C32H34ClN5O2S. The van der Waals surface area contributed by atoms with Gasteiger partial charge in [0.25, 0.3) is 0 Å². The van der Waals surface area contributed by atoms with Gasteiger partial charge in [-0.1, -0.05) is 56.6 Å². The Balaban J connectivity index is 1.69. The summed E-state index contributed by atoms with van der Waals surface area (Å²) in [5, 5.41) is 8.60. The third-order valence-electron chi connectivity index (χ3n) is 7.30. The molecule has 0 bridgehead atoms. The predicted octanol–water partition coefficient (Wildman–Crippen LogP) is 6.32. The number of anilines is 1. The van der Waals surface area contributed by atoms with Crippen molar-refractivity contribution in [2.75, 3.05) is 17.2 Å². The van der Waals surface area contributed by atoms with Crippen LogP contribution in [0.5, 0.6) is 0 Å². The Hall–Kier alpha value is -3.62. The summed E-state index contributed by atoms with van der Waals surface area (Å²) in [5.74, 6) is 0.438. The van der Waals surface area contributed by atoms with Crippen molar-refractivity contribution in [3.05, 3.63) is 106 Å². The smallest absolute Gasteiger partial charge is 0.240 e. The van der Waals surface area contributed by atoms with E-state index in [4.69, 9.17) is 16.7 Å². The zero-order chi connectivity index (χ0) is 29.3. The van der Waals surface area contributed by atoms with E-state index in [0.717, 1.165) is 39.2 Å². The number of aryl methyl sites for hydroxylation is 1. The number of aromatic nitrogens is 3. The van der Waals surface area contributed by atoms with Crippen LogP contribution >= 0.6 is 23.4 Å². The highest BCUT2D eigenvalue weighted by Crippen LogP contribution is 2.48. The third kappa shape index (κ3) is 6.04. The summed E-state index contributed by atoms with van der Waals surface area (Å²) in [5.41, 5.74) is 6.45. The zero-order valence-corrected chi connectivity index (χ0v) is 25.5. The van der Waals surface area contributed by atoms with Crippen molar-refractivity contribution in [2.24, 2.45) is 0 Å². The number of carbonyl (C=O) groups is 2. The van der Waals surface area contributed by atoms with Gasteiger partial charge in [0, 0.05) is 34.9 Å². The van der Waals surface area contributed by atoms with Crippen LogP contribution in [0.3, 0.4) is 0 Å². The molecule has 2 aromatic carbocycles. The van der Waals surface area contributed by atoms with Gasteiger partial charge in [-0.3, -0.25) is 19.5 Å². The SMILES string of the molecule is Cc1cccc(-n2nc(C(C)(C)C)c3c2N(CC(=O)NCc2ccncc2)C(=O)CS[C@@H]3c2cccc(Cl)c2)c1C. The van der Waals surface area contributed by atoms with Crippen molar-refractivity contribution in [1.29, 1.82) is 0 Å². The second-order valence-corrected chi connectivity index (χ2v) is 12.9. The molecule has 0 unspecified atom stereocenters. The normalized spacial score (nSPS) is 15.4. The second kappa shape index (κ2) is 11.7. The van der Waals surface area contributed by atoms with Crippen LogP contribution in [0.4, 0.5) is 5.82 Å². The number of rotatable bonds is 6. The molecule has 212 valence electrons. The van der Waals surface area contributed by atoms with Crippen LogP contribution in [0, 0.1) is 13.8 Å². The van der Waals surface area contributed by atoms with Crippen LogP contribution in [0.2, 0.25) is 5.02 Å². The molecule has 0 saturated carbocycles. The molecule has 0 fully saturated rings. The fourth-order valence-corrected chi connectivity index (χ4v) is 6.43. The number of hydrogen-bond donors (Lipinski definition) is 1. The molecule has 1 aliphatic rings. The van der Waals surface area contributed by atoms with Crippen molar-refractivity contribution >= 4 is 41.0 Å². The molecular weight excluding hydrogens is 554 g/mol. The largest absolute Gasteiger partial charge is 0.350 e. The van der Waals surface area contributed by atoms with Crippen molar-refractivity contribution in [1.82, 2.24) is 20.1 Å². The molecule has 1 atom stereocenters. The Bertz CT molecular complexity index is 1600. The monoisotopic (exact) mass is 587 g/mol. The Morgan fingerprint density at radius 3 is 2.54 bits per heavy atom. The maximum atomic E-state index is 13.9. The van der Waals surface area contributed by atoms with Crippen LogP contribution in [0.1, 0.15) is 59.5 Å². The van der Waals surface area contributed by atoms with E-state index in [1.165, 1.54) is 0 Å². The highest BCUT2D eigenvalue weighted by atomic mass is 35.5. The molecule has 9 heteroatoms. The molecule has 41 heavy (non-hydrogen) atoms. The fourth-order valence-electron chi connectivity index (χ4n) is 5.04. The fraction of sp³-hybridized carbons (Fsp3) is 0.312. The molecule has 0 spiro atoms. The van der Waals surface area contributed by atoms with Crippen molar-refractivity contribution in [3.8, 4) is 5.69 Å². The number of fused-ring (bicyclic) bond motifs is 1. The first-order valence-electron chi connectivity index (χ1n) is 13.6. The van der Waals surface area contributed by atoms with E-state index in [1.54, 1.807) is 29.1 Å². The van der Waals surface area contributed by atoms with Crippen molar-refractivity contribution in [2.45, 2.75) is 51.8 Å². The summed E-state index contributed by atoms with van der Waals surface area (Å²) in [6, 6.07) is 17.5. The lowest BCUT2D eigenvalue weighted by molar-refractivity contribution is -0.123. The number of thioether (sulfide) groups is 1. The lowest BCUT2D eigenvalue weighted by Crippen LogP contribution is -2.42. The molecule has 0 saturated heterocycles. The van der Waals surface area contributed by atoms with Gasteiger partial charge < -0.3 is 5.32 Å². The highest BCUT2D eigenvalue weighted by Gasteiger charge is 2.40. The first kappa shape index (κ1) is 28.9. The van der Waals surface area contributed by atoms with E-state index in [0.29, 0.717) is 17.4 Å². The number of nitrogens with one attached hydrogen (secondary N) is 1. The van der Waals surface area contributed by atoms with Gasteiger partial charge in [0.05, 0.1) is 22.4 Å². The number of amides is 2. The van der Waals surface area contributed by atoms with E-state index in [-0.39, 0.29) is 34.8 Å². The maximum absolute atomic E-state index is 13.9. The highest BCUT2D eigenvalue weighted by molar-refractivity contribution is 8.00. The minimum absolute atomic E-state index is 0.125. The molecule has 0 aliphatic carbocycles. The summed E-state index contributed by atoms with van der Waals surface area (Å²) in [7, 11) is 0. The lowest BCUT2D eigenvalue weighted by Gasteiger charge is -2.25. The number of pyridine rings is 1. The summed E-state index contributed by atoms with van der Waals surface area (Å²) in [4.78, 5) is 32.9. The van der Waals surface area contributed by atoms with Crippen LogP contribution in [-0.4, -0.2) is 38.9 Å². The molecule has 5 rings (SSSR count). The van der Waals surface area contributed by atoms with Crippen LogP contribution < -0.4 is 10.2 Å². The molecule has 0 radical (unpaired) electrons. The average molecular weight is 588 g/mol. The van der Waals surface area contributed by atoms with Gasteiger partial charge in [-0.2, -0.15) is 5.10 Å². The number of halogens is 1. The topological polar surface area (TPSA) is 80.1 Å². The summed E-state index contributed by atoms with van der Waals surface area (Å²) in [6.07, 6.45) is 3.38. The molecule has 3 heterocycles. The maximum Gasteiger partial charge on any atom is 0.240 e. The van der Waals surface area contributed by atoms with Gasteiger partial charge in [0.15, 0.2) is 0 Å². The van der Waals surface area contributed by atoms with E-state index in [2.05, 4.69) is 51.0 Å². The first-order chi connectivity index (χ1) is 19.5. The standard InChI is InChI=1S/C32H34ClN5O2S/c1-20-8-6-11-25(21(20)2)38-31-28(30(36-38)32(3,4)5)29(23-9-7-10-24(33)16-23)41-19-27(40)37(31)18-26(39)35-17-22-12-14-34-15-13-22/h6-16,29H,17-19H2,1-5H3,(H,35,39)/t29-/m1/s1. The van der Waals surface area contributed by atoms with E-state index in [1.807, 2.05) is 53.2 Å². The van der Waals surface area contributed by atoms with Crippen LogP contribution in [-0.2, 0) is 21.5 Å². The van der Waals surface area contributed by atoms with Gasteiger partial charge in [0.1, 0.15) is 12.4 Å². The molecule has 2 amide bonds. The minimum Gasteiger partial charge on any atom is -0.350 e. The van der Waals surface area contributed by atoms with Gasteiger partial charge in [-0.25, -0.2) is 4.68 Å². The molecule has 4 aromatic rings. The number of hydrogen-bond acceptors (Lipinski definition) is 5.